The van der Waals surface area contributed by atoms with Crippen molar-refractivity contribution in [2.75, 3.05) is 39.6 Å². The number of hydrogen-bond acceptors (Lipinski definition) is 15. The second-order valence-electron chi connectivity index (χ2n) is 29.7. The van der Waals surface area contributed by atoms with Crippen LogP contribution in [0, 0.1) is 5.92 Å². The molecule has 19 heteroatoms. The van der Waals surface area contributed by atoms with Crippen molar-refractivity contribution in [2.24, 2.45) is 5.92 Å². The third-order valence-corrected chi connectivity index (χ3v) is 20.8. The number of allylic oxidation sites excluding steroid dienone is 4. The summed E-state index contributed by atoms with van der Waals surface area (Å²) >= 11 is 0. The van der Waals surface area contributed by atoms with Gasteiger partial charge in [-0.2, -0.15) is 0 Å². The van der Waals surface area contributed by atoms with Crippen molar-refractivity contribution in [3.05, 3.63) is 24.3 Å². The summed E-state index contributed by atoms with van der Waals surface area (Å²) in [4.78, 5) is 73.1. The molecule has 0 heterocycles. The number of carbonyl (C=O) groups excluding carboxylic acids is 4. The van der Waals surface area contributed by atoms with Crippen LogP contribution >= 0.6 is 15.6 Å². The molecule has 0 aromatic heterocycles. The van der Waals surface area contributed by atoms with Crippen LogP contribution in [0.25, 0.3) is 0 Å². The van der Waals surface area contributed by atoms with Crippen LogP contribution < -0.4 is 0 Å². The van der Waals surface area contributed by atoms with E-state index in [1.165, 1.54) is 225 Å². The lowest BCUT2D eigenvalue weighted by atomic mass is 10.0. The van der Waals surface area contributed by atoms with Crippen molar-refractivity contribution in [2.45, 2.75) is 438 Å². The van der Waals surface area contributed by atoms with Crippen LogP contribution in [0.15, 0.2) is 24.3 Å². The number of aliphatic hydroxyl groups excluding tert-OH is 1. The Balaban J connectivity index is 5.28. The Hall–Kier alpha value is -2.46. The number of ether oxygens (including phenoxy) is 4. The molecule has 0 saturated heterocycles. The van der Waals surface area contributed by atoms with Gasteiger partial charge in [-0.1, -0.05) is 367 Å². The maximum atomic E-state index is 13.1. The zero-order valence-electron chi connectivity index (χ0n) is 66.2. The number of rotatable bonds is 81. The van der Waals surface area contributed by atoms with E-state index in [1.807, 2.05) is 0 Å². The molecule has 5 atom stereocenters. The second-order valence-corrected chi connectivity index (χ2v) is 32.6. The molecule has 0 saturated carbocycles. The summed E-state index contributed by atoms with van der Waals surface area (Å²) in [5.41, 5.74) is 0. The largest absolute Gasteiger partial charge is 0.472 e. The van der Waals surface area contributed by atoms with Gasteiger partial charge in [0.05, 0.1) is 26.4 Å². The number of hydrogen-bond donors (Lipinski definition) is 3. The van der Waals surface area contributed by atoms with Crippen molar-refractivity contribution in [1.29, 1.82) is 0 Å². The molecule has 0 aromatic carbocycles. The van der Waals surface area contributed by atoms with E-state index in [-0.39, 0.29) is 25.7 Å². The van der Waals surface area contributed by atoms with Gasteiger partial charge in [-0.05, 0) is 57.3 Å². The summed E-state index contributed by atoms with van der Waals surface area (Å²) < 4.78 is 68.8. The molecule has 0 bridgehead atoms. The molecule has 0 aliphatic carbocycles. The van der Waals surface area contributed by atoms with Crippen molar-refractivity contribution >= 4 is 39.5 Å². The van der Waals surface area contributed by atoms with Crippen molar-refractivity contribution in [3.8, 4) is 0 Å². The lowest BCUT2D eigenvalue weighted by Crippen LogP contribution is -2.30. The maximum absolute atomic E-state index is 13.1. The first-order valence-corrected chi connectivity index (χ1v) is 45.4. The Labute approximate surface area is 624 Å². The molecule has 0 rings (SSSR count). The van der Waals surface area contributed by atoms with Gasteiger partial charge in [0.2, 0.25) is 0 Å². The molecular weight excluding hydrogens is 1330 g/mol. The molecule has 0 spiro atoms. The SMILES string of the molecule is CCCCCC/C=C\C=C/CCCCCCCC(=O)OC[C@H](COP(=O)(O)OC[C@@H](O)COP(=O)(O)OC[C@@H](COC(=O)CCCCCCCCCCCCCC)OC(=O)CCCCCCCCCCCCCCC(C)C)OC(=O)CCCCCCCCCCCCCCCCCCCCCC. The van der Waals surface area contributed by atoms with E-state index >= 15 is 0 Å². The Morgan fingerprint density at radius 2 is 0.529 bits per heavy atom. The molecule has 602 valence electrons. The minimum absolute atomic E-state index is 0.102. The van der Waals surface area contributed by atoms with Gasteiger partial charge < -0.3 is 33.8 Å². The highest BCUT2D eigenvalue weighted by molar-refractivity contribution is 7.47. The summed E-state index contributed by atoms with van der Waals surface area (Å²) in [6, 6.07) is 0. The highest BCUT2D eigenvalue weighted by Crippen LogP contribution is 2.45. The van der Waals surface area contributed by atoms with E-state index < -0.39 is 97.5 Å². The maximum Gasteiger partial charge on any atom is 0.472 e. The van der Waals surface area contributed by atoms with Gasteiger partial charge >= 0.3 is 39.5 Å². The second kappa shape index (κ2) is 75.4. The van der Waals surface area contributed by atoms with Gasteiger partial charge in [0.15, 0.2) is 12.2 Å². The number of phosphoric ester groups is 2. The fourth-order valence-corrected chi connectivity index (χ4v) is 14.0. The first kappa shape index (κ1) is 99.5. The summed E-state index contributed by atoms with van der Waals surface area (Å²) in [6.45, 7) is 7.29. The van der Waals surface area contributed by atoms with Crippen LogP contribution in [-0.4, -0.2) is 96.7 Å². The van der Waals surface area contributed by atoms with Crippen LogP contribution in [0.3, 0.4) is 0 Å². The third kappa shape index (κ3) is 75.8. The summed E-state index contributed by atoms with van der Waals surface area (Å²) in [5, 5.41) is 10.7. The average Bonchev–Trinajstić information content (AvgIpc) is 0.908. The van der Waals surface area contributed by atoms with Crippen LogP contribution in [0.2, 0.25) is 0 Å². The van der Waals surface area contributed by atoms with E-state index in [1.54, 1.807) is 0 Å². The molecule has 0 fully saturated rings. The van der Waals surface area contributed by atoms with E-state index in [0.717, 1.165) is 115 Å². The number of aliphatic hydroxyl groups is 1. The molecule has 0 aromatic rings. The molecular formula is C83H158O17P2. The smallest absolute Gasteiger partial charge is 0.462 e. The van der Waals surface area contributed by atoms with E-state index in [9.17, 15) is 43.2 Å². The van der Waals surface area contributed by atoms with E-state index in [2.05, 4.69) is 58.9 Å². The number of esters is 4. The molecule has 0 amide bonds. The topological polar surface area (TPSA) is 237 Å². The molecule has 102 heavy (non-hydrogen) atoms. The third-order valence-electron chi connectivity index (χ3n) is 18.9. The Kier molecular flexibility index (Phi) is 73.5. The Morgan fingerprint density at radius 3 is 0.804 bits per heavy atom. The quantitative estimate of drug-likeness (QED) is 0.0169. The fraction of sp³-hybridized carbons (Fsp3) is 0.904. The van der Waals surface area contributed by atoms with Crippen molar-refractivity contribution in [3.63, 3.8) is 0 Å². The normalized spacial score (nSPS) is 14.0. The van der Waals surface area contributed by atoms with Gasteiger partial charge in [-0.15, -0.1) is 0 Å². The molecule has 0 aliphatic heterocycles. The monoisotopic (exact) mass is 1490 g/mol. The van der Waals surface area contributed by atoms with Gasteiger partial charge in [0.1, 0.15) is 19.3 Å². The van der Waals surface area contributed by atoms with Crippen LogP contribution in [0.5, 0.6) is 0 Å². The van der Waals surface area contributed by atoms with Gasteiger partial charge in [0, 0.05) is 25.7 Å². The van der Waals surface area contributed by atoms with Gasteiger partial charge in [-0.3, -0.25) is 37.3 Å². The summed E-state index contributed by atoms with van der Waals surface area (Å²) in [6.07, 6.45) is 70.1. The van der Waals surface area contributed by atoms with Crippen molar-refractivity contribution < 1.29 is 80.2 Å². The number of phosphoric acid groups is 2. The zero-order chi connectivity index (χ0) is 74.8. The predicted octanol–water partition coefficient (Wildman–Crippen LogP) is 24.8. The first-order chi connectivity index (χ1) is 49.5. The minimum Gasteiger partial charge on any atom is -0.462 e. The molecule has 0 radical (unpaired) electrons. The van der Waals surface area contributed by atoms with E-state index in [0.29, 0.717) is 25.7 Å². The van der Waals surface area contributed by atoms with Crippen LogP contribution in [0.1, 0.15) is 420 Å². The molecule has 3 N–H and O–H groups in total. The first-order valence-electron chi connectivity index (χ1n) is 42.5. The van der Waals surface area contributed by atoms with Crippen LogP contribution in [0.4, 0.5) is 0 Å². The number of carbonyl (C=O) groups is 4. The van der Waals surface area contributed by atoms with E-state index in [4.69, 9.17) is 37.0 Å². The molecule has 17 nitrogen and oxygen atoms in total. The lowest BCUT2D eigenvalue weighted by molar-refractivity contribution is -0.161. The van der Waals surface area contributed by atoms with Crippen LogP contribution in [-0.2, 0) is 65.4 Å². The predicted molar refractivity (Wildman–Crippen MR) is 418 cm³/mol. The highest BCUT2D eigenvalue weighted by atomic mass is 31.2. The Bertz CT molecular complexity index is 2040. The number of unbranched alkanes of at least 4 members (excludes halogenated alkanes) is 50. The molecule has 2 unspecified atom stereocenters. The fourth-order valence-electron chi connectivity index (χ4n) is 12.4. The summed E-state index contributed by atoms with van der Waals surface area (Å²) in [5.74, 6) is -1.36. The van der Waals surface area contributed by atoms with Crippen molar-refractivity contribution in [1.82, 2.24) is 0 Å². The van der Waals surface area contributed by atoms with Gasteiger partial charge in [0.25, 0.3) is 0 Å². The highest BCUT2D eigenvalue weighted by Gasteiger charge is 2.30. The summed E-state index contributed by atoms with van der Waals surface area (Å²) in [7, 11) is -9.93. The zero-order valence-corrected chi connectivity index (χ0v) is 68.0. The Morgan fingerprint density at radius 1 is 0.304 bits per heavy atom. The average molecular weight is 1490 g/mol. The minimum atomic E-state index is -4.97. The lowest BCUT2D eigenvalue weighted by Gasteiger charge is -2.21. The standard InChI is InChI=1S/C83H158O17P2/c1-6-9-12-15-18-21-24-27-29-30-31-32-33-35-37-43-48-53-58-63-68-82(87)99-79(73-94-81(86)67-62-57-52-47-42-36-34-28-25-22-19-16-13-10-7-2)75-98-102(91,92)96-71-77(84)70-95-101(89,90)97-74-78(72-93-80(85)66-61-56-51-46-41-26-23-20-17-14-11-8-3)100-83(88)69-64-59-54-49-44-39-38-40-45-50-55-60-65-76(4)5/h22,25,28,34,76-79,84H,6-21,23-24,26-27,29-33,35-75H2,1-5H3,(H,89,90)(H,91,92)/b25-22-,34-28-/t77-,78+,79+/m0/s1. The molecule has 0 aliphatic rings. The van der Waals surface area contributed by atoms with Gasteiger partial charge in [-0.25, -0.2) is 9.13 Å².